The zero-order valence-electron chi connectivity index (χ0n) is 15.4. The van der Waals surface area contributed by atoms with Crippen molar-refractivity contribution in [2.24, 2.45) is 4.99 Å². The SMILES string of the molecule is CCNC(=NCC(=O)NC1CCCCC1)NCC1CCCN1CC. The van der Waals surface area contributed by atoms with Gasteiger partial charge in [0.1, 0.15) is 6.54 Å². The largest absolute Gasteiger partial charge is 0.357 e. The minimum Gasteiger partial charge on any atom is -0.357 e. The summed E-state index contributed by atoms with van der Waals surface area (Å²) >= 11 is 0. The molecule has 1 unspecified atom stereocenters. The molecule has 138 valence electrons. The second-order valence-corrected chi connectivity index (χ2v) is 6.90. The highest BCUT2D eigenvalue weighted by molar-refractivity contribution is 5.85. The van der Waals surface area contributed by atoms with E-state index in [1.54, 1.807) is 0 Å². The van der Waals surface area contributed by atoms with Crippen molar-refractivity contribution in [3.05, 3.63) is 0 Å². The summed E-state index contributed by atoms with van der Waals surface area (Å²) in [4.78, 5) is 19.1. The number of carbonyl (C=O) groups is 1. The molecule has 1 saturated carbocycles. The Morgan fingerprint density at radius 2 is 1.88 bits per heavy atom. The van der Waals surface area contributed by atoms with Crippen LogP contribution in [0.3, 0.4) is 0 Å². The monoisotopic (exact) mass is 337 g/mol. The van der Waals surface area contributed by atoms with Gasteiger partial charge in [0, 0.05) is 25.2 Å². The first-order valence-corrected chi connectivity index (χ1v) is 9.78. The van der Waals surface area contributed by atoms with Crippen LogP contribution in [0.15, 0.2) is 4.99 Å². The lowest BCUT2D eigenvalue weighted by Crippen LogP contribution is -2.45. The number of nitrogens with one attached hydrogen (secondary N) is 3. The van der Waals surface area contributed by atoms with E-state index >= 15 is 0 Å². The first-order valence-electron chi connectivity index (χ1n) is 9.78. The van der Waals surface area contributed by atoms with Gasteiger partial charge in [0.2, 0.25) is 5.91 Å². The van der Waals surface area contributed by atoms with E-state index in [-0.39, 0.29) is 12.5 Å². The molecule has 6 heteroatoms. The molecule has 1 saturated heterocycles. The molecule has 2 fully saturated rings. The fourth-order valence-corrected chi connectivity index (χ4v) is 3.77. The molecule has 0 bridgehead atoms. The number of amides is 1. The maximum atomic E-state index is 12.1. The minimum absolute atomic E-state index is 0.0372. The molecule has 6 nitrogen and oxygen atoms in total. The highest BCUT2D eigenvalue weighted by atomic mass is 16.1. The number of aliphatic imine (C=N–C) groups is 1. The van der Waals surface area contributed by atoms with Gasteiger partial charge in [-0.3, -0.25) is 9.69 Å². The van der Waals surface area contributed by atoms with Crippen LogP contribution in [-0.4, -0.2) is 61.6 Å². The minimum atomic E-state index is 0.0372. The van der Waals surface area contributed by atoms with Crippen molar-refractivity contribution in [2.75, 3.05) is 32.7 Å². The van der Waals surface area contributed by atoms with Crippen LogP contribution in [-0.2, 0) is 4.79 Å². The second-order valence-electron chi connectivity index (χ2n) is 6.90. The molecule has 24 heavy (non-hydrogen) atoms. The Balaban J connectivity index is 1.75. The van der Waals surface area contributed by atoms with Gasteiger partial charge < -0.3 is 16.0 Å². The van der Waals surface area contributed by atoms with Gasteiger partial charge in [0.15, 0.2) is 5.96 Å². The summed E-state index contributed by atoms with van der Waals surface area (Å²) in [5.41, 5.74) is 0. The molecular formula is C18H35N5O. The van der Waals surface area contributed by atoms with E-state index in [4.69, 9.17) is 0 Å². The van der Waals surface area contributed by atoms with Crippen LogP contribution >= 0.6 is 0 Å². The Hall–Kier alpha value is -1.30. The van der Waals surface area contributed by atoms with Crippen molar-refractivity contribution in [3.63, 3.8) is 0 Å². The van der Waals surface area contributed by atoms with Crippen LogP contribution in [0.25, 0.3) is 0 Å². The van der Waals surface area contributed by atoms with Gasteiger partial charge >= 0.3 is 0 Å². The topological polar surface area (TPSA) is 68.8 Å². The van der Waals surface area contributed by atoms with Crippen LogP contribution < -0.4 is 16.0 Å². The van der Waals surface area contributed by atoms with Crippen molar-refractivity contribution in [1.29, 1.82) is 0 Å². The predicted molar refractivity (Wildman–Crippen MR) is 99.3 cm³/mol. The first kappa shape index (κ1) is 19.0. The quantitative estimate of drug-likeness (QED) is 0.486. The molecular weight excluding hydrogens is 302 g/mol. The third-order valence-electron chi connectivity index (χ3n) is 5.11. The summed E-state index contributed by atoms with van der Waals surface area (Å²) in [5.74, 6) is 0.786. The second kappa shape index (κ2) is 10.5. The lowest BCUT2D eigenvalue weighted by atomic mass is 9.95. The summed E-state index contributed by atoms with van der Waals surface area (Å²) in [7, 11) is 0. The van der Waals surface area contributed by atoms with Gasteiger partial charge in [-0.2, -0.15) is 0 Å². The van der Waals surface area contributed by atoms with E-state index < -0.39 is 0 Å². The Morgan fingerprint density at radius 3 is 2.58 bits per heavy atom. The van der Waals surface area contributed by atoms with E-state index in [9.17, 15) is 4.79 Å². The Morgan fingerprint density at radius 1 is 1.08 bits per heavy atom. The van der Waals surface area contributed by atoms with Crippen LogP contribution in [0.5, 0.6) is 0 Å². The molecule has 1 heterocycles. The number of hydrogen-bond donors (Lipinski definition) is 3. The normalized spacial score (nSPS) is 23.2. The zero-order valence-corrected chi connectivity index (χ0v) is 15.4. The van der Waals surface area contributed by atoms with Gasteiger partial charge in [0.05, 0.1) is 0 Å². The molecule has 1 atom stereocenters. The van der Waals surface area contributed by atoms with Crippen molar-refractivity contribution >= 4 is 11.9 Å². The van der Waals surface area contributed by atoms with Gasteiger partial charge in [-0.25, -0.2) is 4.99 Å². The van der Waals surface area contributed by atoms with Crippen LogP contribution in [0.2, 0.25) is 0 Å². The molecule has 3 N–H and O–H groups in total. The van der Waals surface area contributed by atoms with Crippen molar-refractivity contribution < 1.29 is 4.79 Å². The summed E-state index contributed by atoms with van der Waals surface area (Å²) in [6, 6.07) is 0.934. The standard InChI is InChI=1S/C18H35N5O/c1-3-19-18(20-13-16-11-8-12-23(16)4-2)21-14-17(24)22-15-9-6-5-7-10-15/h15-16H,3-14H2,1-2H3,(H,22,24)(H2,19,20,21). The zero-order chi connectivity index (χ0) is 17.2. The summed E-state index contributed by atoms with van der Waals surface area (Å²) < 4.78 is 0. The molecule has 1 aliphatic carbocycles. The highest BCUT2D eigenvalue weighted by Gasteiger charge is 2.22. The molecule has 0 spiro atoms. The van der Waals surface area contributed by atoms with Crippen LogP contribution in [0.4, 0.5) is 0 Å². The van der Waals surface area contributed by atoms with Crippen LogP contribution in [0, 0.1) is 0 Å². The van der Waals surface area contributed by atoms with Crippen molar-refractivity contribution in [1.82, 2.24) is 20.9 Å². The molecule has 1 amide bonds. The van der Waals surface area contributed by atoms with E-state index in [1.807, 2.05) is 6.92 Å². The molecule has 0 aromatic rings. The number of nitrogens with zero attached hydrogens (tertiary/aromatic N) is 2. The number of guanidine groups is 1. The third kappa shape index (κ3) is 6.30. The number of likely N-dealkylation sites (tertiary alicyclic amines) is 1. The molecule has 0 radical (unpaired) electrons. The van der Waals surface area contributed by atoms with Crippen molar-refractivity contribution in [3.8, 4) is 0 Å². The third-order valence-corrected chi connectivity index (χ3v) is 5.11. The molecule has 0 aromatic heterocycles. The summed E-state index contributed by atoms with van der Waals surface area (Å²) in [6.45, 7) is 8.46. The number of rotatable bonds is 7. The Labute approximate surface area is 146 Å². The van der Waals surface area contributed by atoms with E-state index in [0.29, 0.717) is 12.1 Å². The molecule has 2 rings (SSSR count). The fourth-order valence-electron chi connectivity index (χ4n) is 3.77. The average Bonchev–Trinajstić information content (AvgIpc) is 3.06. The van der Waals surface area contributed by atoms with Gasteiger partial charge in [-0.1, -0.05) is 26.2 Å². The fraction of sp³-hybridized carbons (Fsp3) is 0.889. The van der Waals surface area contributed by atoms with E-state index in [2.05, 4.69) is 32.8 Å². The Kier molecular flexibility index (Phi) is 8.36. The van der Waals surface area contributed by atoms with E-state index in [1.165, 1.54) is 38.6 Å². The van der Waals surface area contributed by atoms with Crippen LogP contribution in [0.1, 0.15) is 58.8 Å². The maximum absolute atomic E-state index is 12.1. The molecule has 0 aromatic carbocycles. The summed E-state index contributed by atoms with van der Waals surface area (Å²) in [5, 5.41) is 9.76. The van der Waals surface area contributed by atoms with E-state index in [0.717, 1.165) is 38.4 Å². The maximum Gasteiger partial charge on any atom is 0.242 e. The van der Waals surface area contributed by atoms with Gasteiger partial charge in [-0.15, -0.1) is 0 Å². The number of likely N-dealkylation sites (N-methyl/N-ethyl adjacent to an activating group) is 1. The molecule has 2 aliphatic rings. The van der Waals surface area contributed by atoms with Crippen molar-refractivity contribution in [2.45, 2.75) is 70.9 Å². The predicted octanol–water partition coefficient (Wildman–Crippen LogP) is 1.47. The molecule has 1 aliphatic heterocycles. The first-order chi connectivity index (χ1) is 11.7. The number of carbonyl (C=O) groups excluding carboxylic acids is 1. The lowest BCUT2D eigenvalue weighted by Gasteiger charge is -2.24. The lowest BCUT2D eigenvalue weighted by molar-refractivity contribution is -0.120. The average molecular weight is 338 g/mol. The number of hydrogen-bond acceptors (Lipinski definition) is 3. The summed E-state index contributed by atoms with van der Waals surface area (Å²) in [6.07, 6.45) is 8.50. The van der Waals surface area contributed by atoms with Gasteiger partial charge in [0.25, 0.3) is 0 Å². The highest BCUT2D eigenvalue weighted by Crippen LogP contribution is 2.17. The van der Waals surface area contributed by atoms with Gasteiger partial charge in [-0.05, 0) is 45.7 Å². The smallest absolute Gasteiger partial charge is 0.242 e. The Bertz CT molecular complexity index is 406.